The Hall–Kier alpha value is -2.14. The number of hydrogen-bond donors (Lipinski definition) is 3. The van der Waals surface area contributed by atoms with E-state index in [9.17, 15) is 18.0 Å². The van der Waals surface area contributed by atoms with E-state index in [2.05, 4.69) is 19.4 Å². The Balaban J connectivity index is 2.75. The molecule has 10 nitrogen and oxygen atoms in total. The van der Waals surface area contributed by atoms with Gasteiger partial charge in [-0.2, -0.15) is 13.1 Å². The third kappa shape index (κ3) is 5.79. The molecule has 3 N–H and O–H groups in total. The molecule has 11 heteroatoms. The molecule has 0 aromatic carbocycles. The summed E-state index contributed by atoms with van der Waals surface area (Å²) in [5.74, 6) is -0.807. The number of hydrogen-bond acceptors (Lipinski definition) is 7. The molecular formula is C10H16N4O6S. The van der Waals surface area contributed by atoms with Crippen LogP contribution in [0.4, 0.5) is 4.79 Å². The van der Waals surface area contributed by atoms with Crippen molar-refractivity contribution < 1.29 is 27.5 Å². The minimum Gasteiger partial charge on any atom is -0.468 e. The van der Waals surface area contributed by atoms with Gasteiger partial charge >= 0.3 is 22.3 Å². The summed E-state index contributed by atoms with van der Waals surface area (Å²) in [6.45, 7) is 1.53. The number of carbonyl (C=O) groups excluding carboxylic acids is 2. The van der Waals surface area contributed by atoms with E-state index in [0.717, 1.165) is 7.11 Å². The number of amides is 1. The zero-order valence-electron chi connectivity index (χ0n) is 11.5. The van der Waals surface area contributed by atoms with E-state index in [0.29, 0.717) is 5.69 Å². The quantitative estimate of drug-likeness (QED) is 0.552. The number of aromatic amines is 1. The zero-order chi connectivity index (χ0) is 15.9. The zero-order valence-corrected chi connectivity index (χ0v) is 12.3. The van der Waals surface area contributed by atoms with E-state index in [1.807, 2.05) is 4.72 Å². The lowest BCUT2D eigenvalue weighted by Crippen LogP contribution is -2.49. The topological polar surface area (TPSA) is 139 Å². The molecule has 118 valence electrons. The van der Waals surface area contributed by atoms with Crippen molar-refractivity contribution in [2.24, 2.45) is 0 Å². The molecule has 0 aliphatic heterocycles. The molecule has 1 aromatic heterocycles. The molecule has 0 aliphatic rings. The molecule has 0 radical (unpaired) electrons. The molecule has 0 bridgehead atoms. The minimum absolute atomic E-state index is 0.00985. The minimum atomic E-state index is -4.27. The Morgan fingerprint density at radius 3 is 2.71 bits per heavy atom. The van der Waals surface area contributed by atoms with E-state index in [-0.39, 0.29) is 13.0 Å². The van der Waals surface area contributed by atoms with Crippen molar-refractivity contribution in [2.45, 2.75) is 19.4 Å². The number of methoxy groups -OCH3 is 1. The van der Waals surface area contributed by atoms with E-state index in [4.69, 9.17) is 0 Å². The number of ether oxygens (including phenoxy) is 2. The number of nitrogens with zero attached hydrogens (tertiary/aromatic N) is 1. The molecule has 0 aliphatic carbocycles. The van der Waals surface area contributed by atoms with Crippen LogP contribution in [0.1, 0.15) is 12.6 Å². The van der Waals surface area contributed by atoms with Gasteiger partial charge in [-0.05, 0) is 6.92 Å². The number of rotatable bonds is 7. The Labute approximate surface area is 121 Å². The highest BCUT2D eigenvalue weighted by Gasteiger charge is 2.27. The molecule has 21 heavy (non-hydrogen) atoms. The fourth-order valence-corrected chi connectivity index (χ4v) is 2.31. The van der Waals surface area contributed by atoms with E-state index in [1.165, 1.54) is 19.4 Å². The summed E-state index contributed by atoms with van der Waals surface area (Å²) in [4.78, 5) is 29.2. The smallest absolute Gasteiger partial charge is 0.421 e. The standard InChI is InChI=1S/C10H16N4O6S/c1-3-20-10(16)14-21(17,18)13-8(9(15)19-2)4-7-5-11-6-12-7/h5-6,8,13H,3-4H2,1-2H3,(H,11,12)(H,14,16)/t8-/m0/s1. The van der Waals surface area contributed by atoms with Gasteiger partial charge in [-0.3, -0.25) is 4.79 Å². The van der Waals surface area contributed by atoms with Crippen molar-refractivity contribution in [1.82, 2.24) is 19.4 Å². The highest BCUT2D eigenvalue weighted by atomic mass is 32.2. The Morgan fingerprint density at radius 1 is 1.48 bits per heavy atom. The second kappa shape index (κ2) is 7.59. The van der Waals surface area contributed by atoms with Crippen LogP contribution in [0, 0.1) is 0 Å². The molecule has 1 heterocycles. The molecule has 0 fully saturated rings. The van der Waals surface area contributed by atoms with Crippen LogP contribution < -0.4 is 9.44 Å². The highest BCUT2D eigenvalue weighted by molar-refractivity contribution is 7.88. The molecule has 0 spiro atoms. The highest BCUT2D eigenvalue weighted by Crippen LogP contribution is 2.02. The van der Waals surface area contributed by atoms with Gasteiger partial charge in [0.15, 0.2) is 0 Å². The van der Waals surface area contributed by atoms with Crippen molar-refractivity contribution in [2.75, 3.05) is 13.7 Å². The second-order valence-corrected chi connectivity index (χ2v) is 5.25. The van der Waals surface area contributed by atoms with Gasteiger partial charge in [0, 0.05) is 18.3 Å². The van der Waals surface area contributed by atoms with E-state index < -0.39 is 28.3 Å². The maximum Gasteiger partial charge on any atom is 0.421 e. The third-order valence-corrected chi connectivity index (χ3v) is 3.29. The average molecular weight is 320 g/mol. The molecule has 0 saturated heterocycles. The Bertz CT molecular complexity index is 570. The monoisotopic (exact) mass is 320 g/mol. The molecule has 1 rings (SSSR count). The summed E-state index contributed by atoms with van der Waals surface area (Å²) in [6, 6.07) is -1.22. The van der Waals surface area contributed by atoms with Crippen LogP contribution in [0.2, 0.25) is 0 Å². The number of nitrogens with one attached hydrogen (secondary N) is 3. The van der Waals surface area contributed by atoms with Crippen LogP contribution in [0.25, 0.3) is 0 Å². The molecule has 0 saturated carbocycles. The van der Waals surface area contributed by atoms with Crippen LogP contribution in [-0.2, 0) is 30.9 Å². The van der Waals surface area contributed by atoms with Crippen molar-refractivity contribution in [1.29, 1.82) is 0 Å². The Morgan fingerprint density at radius 2 is 2.19 bits per heavy atom. The van der Waals surface area contributed by atoms with Crippen LogP contribution >= 0.6 is 0 Å². The fraction of sp³-hybridized carbons (Fsp3) is 0.500. The first-order chi connectivity index (χ1) is 9.88. The van der Waals surface area contributed by atoms with Crippen LogP contribution in [0.5, 0.6) is 0 Å². The van der Waals surface area contributed by atoms with Gasteiger partial charge in [0.2, 0.25) is 0 Å². The number of imidazole rings is 1. The lowest BCUT2D eigenvalue weighted by atomic mass is 10.2. The summed E-state index contributed by atoms with van der Waals surface area (Å²) in [5.41, 5.74) is 0.518. The lowest BCUT2D eigenvalue weighted by Gasteiger charge is -2.16. The van der Waals surface area contributed by atoms with Crippen molar-refractivity contribution >= 4 is 22.3 Å². The Kier molecular flexibility index (Phi) is 6.11. The van der Waals surface area contributed by atoms with Gasteiger partial charge < -0.3 is 14.5 Å². The molecule has 1 atom stereocenters. The van der Waals surface area contributed by atoms with Gasteiger partial charge in [-0.15, -0.1) is 0 Å². The van der Waals surface area contributed by atoms with Crippen LogP contribution in [-0.4, -0.2) is 50.2 Å². The summed E-state index contributed by atoms with van der Waals surface area (Å²) >= 11 is 0. The third-order valence-electron chi connectivity index (χ3n) is 2.26. The number of carbonyl (C=O) groups is 2. The van der Waals surface area contributed by atoms with E-state index in [1.54, 1.807) is 4.72 Å². The predicted octanol–water partition coefficient (Wildman–Crippen LogP) is -0.926. The van der Waals surface area contributed by atoms with Gasteiger partial charge in [-0.25, -0.2) is 14.5 Å². The molecular weight excluding hydrogens is 304 g/mol. The summed E-state index contributed by atoms with van der Waals surface area (Å²) < 4.78 is 36.0. The fourth-order valence-electron chi connectivity index (χ4n) is 1.42. The van der Waals surface area contributed by atoms with Crippen LogP contribution in [0.15, 0.2) is 12.5 Å². The van der Waals surface area contributed by atoms with Crippen LogP contribution in [0.3, 0.4) is 0 Å². The first kappa shape index (κ1) is 16.9. The molecule has 1 aromatic rings. The predicted molar refractivity (Wildman–Crippen MR) is 70.3 cm³/mol. The largest absolute Gasteiger partial charge is 0.468 e. The number of H-pyrrole nitrogens is 1. The van der Waals surface area contributed by atoms with Gasteiger partial charge in [0.05, 0.1) is 20.0 Å². The molecule has 0 unspecified atom stereocenters. The van der Waals surface area contributed by atoms with Gasteiger partial charge in [0.1, 0.15) is 6.04 Å². The van der Waals surface area contributed by atoms with Crippen molar-refractivity contribution in [3.05, 3.63) is 18.2 Å². The van der Waals surface area contributed by atoms with E-state index >= 15 is 0 Å². The maximum atomic E-state index is 11.7. The number of aromatic nitrogens is 2. The SMILES string of the molecule is CCOC(=O)NS(=O)(=O)N[C@@H](Cc1cnc[nH]1)C(=O)OC. The van der Waals surface area contributed by atoms with Gasteiger partial charge in [0.25, 0.3) is 0 Å². The van der Waals surface area contributed by atoms with Crippen molar-refractivity contribution in [3.63, 3.8) is 0 Å². The lowest BCUT2D eigenvalue weighted by molar-refractivity contribution is -0.142. The number of esters is 1. The first-order valence-electron chi connectivity index (χ1n) is 5.90. The summed E-state index contributed by atoms with van der Waals surface area (Å²) in [7, 11) is -3.15. The van der Waals surface area contributed by atoms with Gasteiger partial charge in [-0.1, -0.05) is 0 Å². The second-order valence-electron chi connectivity index (χ2n) is 3.80. The molecule has 1 amide bonds. The first-order valence-corrected chi connectivity index (χ1v) is 7.38. The van der Waals surface area contributed by atoms with Crippen molar-refractivity contribution in [3.8, 4) is 0 Å². The summed E-state index contributed by atoms with van der Waals surface area (Å²) in [6.07, 6.45) is 1.66. The maximum absolute atomic E-state index is 11.7. The summed E-state index contributed by atoms with van der Waals surface area (Å²) in [5, 5.41) is 0. The average Bonchev–Trinajstić information content (AvgIpc) is 2.89. The normalized spacial score (nSPS) is 12.5.